The number of rotatable bonds is 11. The SMILES string of the molecule is COc1cc(CO)cc(I)c1O[C@H]1C=C(C(=O)NCCO)C[C@@H](N(CC2CCCCC2)C(=O)c2ccc(C(F)(F)F)cc2)[C@@H]1O. The van der Waals surface area contributed by atoms with Crippen LogP contribution in [0.1, 0.15) is 60.0 Å². The topological polar surface area (TPSA) is 129 Å². The first-order valence-corrected chi connectivity index (χ1v) is 15.9. The van der Waals surface area contributed by atoms with Gasteiger partial charge in [0.1, 0.15) is 12.2 Å². The van der Waals surface area contributed by atoms with Crippen LogP contribution in [0.15, 0.2) is 48.0 Å². The predicted octanol–water partition coefficient (Wildman–Crippen LogP) is 4.45. The summed E-state index contributed by atoms with van der Waals surface area (Å²) >= 11 is 2.01. The molecular formula is C32H38F3IN2O7. The van der Waals surface area contributed by atoms with E-state index in [4.69, 9.17) is 9.47 Å². The van der Waals surface area contributed by atoms with Crippen LogP contribution in [0.4, 0.5) is 13.2 Å². The highest BCUT2D eigenvalue weighted by molar-refractivity contribution is 14.1. The van der Waals surface area contributed by atoms with Crippen molar-refractivity contribution < 1.29 is 47.6 Å². The Labute approximate surface area is 273 Å². The molecule has 45 heavy (non-hydrogen) atoms. The highest BCUT2D eigenvalue weighted by atomic mass is 127. The number of amides is 2. The molecule has 1 saturated carbocycles. The second-order valence-electron chi connectivity index (χ2n) is 11.3. The normalized spacial score (nSPS) is 20.7. The van der Waals surface area contributed by atoms with Gasteiger partial charge < -0.3 is 35.0 Å². The first kappa shape index (κ1) is 35.0. The van der Waals surface area contributed by atoms with Gasteiger partial charge in [0.15, 0.2) is 11.5 Å². The first-order chi connectivity index (χ1) is 21.5. The summed E-state index contributed by atoms with van der Waals surface area (Å²) in [6.45, 7) is -0.304. The van der Waals surface area contributed by atoms with Gasteiger partial charge in [0.05, 0.1) is 35.5 Å². The monoisotopic (exact) mass is 746 g/mol. The van der Waals surface area contributed by atoms with Crippen LogP contribution < -0.4 is 14.8 Å². The van der Waals surface area contributed by atoms with Crippen LogP contribution in [0.2, 0.25) is 0 Å². The number of methoxy groups -OCH3 is 1. The van der Waals surface area contributed by atoms with Crippen molar-refractivity contribution in [2.75, 3.05) is 26.8 Å². The molecule has 2 aliphatic carbocycles. The Hall–Kier alpha value is -2.88. The zero-order valence-electron chi connectivity index (χ0n) is 24.9. The second-order valence-corrected chi connectivity index (χ2v) is 12.5. The van der Waals surface area contributed by atoms with Crippen molar-refractivity contribution in [3.63, 3.8) is 0 Å². The average Bonchev–Trinajstić information content (AvgIpc) is 3.04. The number of nitrogens with zero attached hydrogens (tertiary/aromatic N) is 1. The molecular weight excluding hydrogens is 708 g/mol. The van der Waals surface area contributed by atoms with E-state index in [-0.39, 0.29) is 55.5 Å². The highest BCUT2D eigenvalue weighted by Gasteiger charge is 2.42. The van der Waals surface area contributed by atoms with Crippen molar-refractivity contribution >= 4 is 34.4 Å². The zero-order chi connectivity index (χ0) is 32.7. The van der Waals surface area contributed by atoms with Crippen LogP contribution in [0.3, 0.4) is 0 Å². The van der Waals surface area contributed by atoms with E-state index in [9.17, 15) is 38.1 Å². The van der Waals surface area contributed by atoms with E-state index in [1.54, 1.807) is 12.1 Å². The molecule has 4 N–H and O–H groups in total. The fourth-order valence-corrected chi connectivity index (χ4v) is 6.67. The number of hydrogen-bond acceptors (Lipinski definition) is 7. The standard InChI is InChI=1S/C32H38F3IN2O7/c1-44-27-14-20(18-40)13-24(36)29(27)45-26-16-22(30(42)37-11-12-39)15-25(28(26)41)38(17-19-5-3-2-4-6-19)31(43)21-7-9-23(10-8-21)32(33,34)35/h7-10,13-14,16,19,25-26,28,39-41H,2-6,11-12,15,17-18H2,1H3,(H,37,42)/t25-,26+,28+/m1/s1. The Morgan fingerprint density at radius 3 is 2.38 bits per heavy atom. The van der Waals surface area contributed by atoms with Crippen molar-refractivity contribution in [2.24, 2.45) is 5.92 Å². The number of aliphatic hydroxyl groups is 3. The Balaban J connectivity index is 1.74. The fourth-order valence-electron chi connectivity index (χ4n) is 5.88. The van der Waals surface area contributed by atoms with Gasteiger partial charge >= 0.3 is 6.18 Å². The van der Waals surface area contributed by atoms with E-state index in [0.717, 1.165) is 56.4 Å². The maximum absolute atomic E-state index is 14.1. The minimum Gasteiger partial charge on any atom is -0.493 e. The quantitative estimate of drug-likeness (QED) is 0.251. The minimum absolute atomic E-state index is 0.0144. The maximum Gasteiger partial charge on any atom is 0.416 e. The summed E-state index contributed by atoms with van der Waals surface area (Å²) in [7, 11) is 1.43. The van der Waals surface area contributed by atoms with E-state index >= 15 is 0 Å². The van der Waals surface area contributed by atoms with Gasteiger partial charge in [0.25, 0.3) is 5.91 Å². The zero-order valence-corrected chi connectivity index (χ0v) is 27.0. The van der Waals surface area contributed by atoms with E-state index in [1.165, 1.54) is 18.1 Å². The van der Waals surface area contributed by atoms with Crippen LogP contribution >= 0.6 is 22.6 Å². The molecule has 0 aromatic heterocycles. The van der Waals surface area contributed by atoms with Crippen molar-refractivity contribution in [2.45, 2.75) is 69.6 Å². The van der Waals surface area contributed by atoms with Crippen LogP contribution in [0, 0.1) is 9.49 Å². The Morgan fingerprint density at radius 2 is 1.78 bits per heavy atom. The fraction of sp³-hybridized carbons (Fsp3) is 0.500. The highest BCUT2D eigenvalue weighted by Crippen LogP contribution is 2.38. The number of nitrogens with one attached hydrogen (secondary N) is 1. The van der Waals surface area contributed by atoms with Gasteiger partial charge in [-0.05, 0) is 89.4 Å². The maximum atomic E-state index is 14.1. The third kappa shape index (κ3) is 8.69. The lowest BCUT2D eigenvalue weighted by atomic mass is 9.85. The van der Waals surface area contributed by atoms with Crippen LogP contribution in [0.25, 0.3) is 0 Å². The van der Waals surface area contributed by atoms with E-state index in [1.807, 2.05) is 22.6 Å². The molecule has 0 radical (unpaired) electrons. The summed E-state index contributed by atoms with van der Waals surface area (Å²) in [4.78, 5) is 28.7. The van der Waals surface area contributed by atoms with Gasteiger partial charge in [0.2, 0.25) is 5.91 Å². The van der Waals surface area contributed by atoms with Crippen LogP contribution in [0.5, 0.6) is 11.5 Å². The lowest BCUT2D eigenvalue weighted by Gasteiger charge is -2.42. The van der Waals surface area contributed by atoms with E-state index in [0.29, 0.717) is 14.9 Å². The van der Waals surface area contributed by atoms with Crippen LogP contribution in [-0.2, 0) is 17.6 Å². The minimum atomic E-state index is -4.57. The molecule has 0 spiro atoms. The molecule has 2 aliphatic rings. The Morgan fingerprint density at radius 1 is 1.09 bits per heavy atom. The summed E-state index contributed by atoms with van der Waals surface area (Å²) in [6.07, 6.45) is -0.875. The van der Waals surface area contributed by atoms with Crippen molar-refractivity contribution in [3.8, 4) is 11.5 Å². The predicted molar refractivity (Wildman–Crippen MR) is 168 cm³/mol. The molecule has 0 heterocycles. The summed E-state index contributed by atoms with van der Waals surface area (Å²) in [6, 6.07) is 6.28. The molecule has 0 saturated heterocycles. The van der Waals surface area contributed by atoms with Gasteiger partial charge in [-0.1, -0.05) is 19.3 Å². The van der Waals surface area contributed by atoms with E-state index < -0.39 is 41.8 Å². The van der Waals surface area contributed by atoms with Crippen molar-refractivity contribution in [1.82, 2.24) is 10.2 Å². The number of benzene rings is 2. The molecule has 4 rings (SSSR count). The largest absolute Gasteiger partial charge is 0.493 e. The summed E-state index contributed by atoms with van der Waals surface area (Å²) < 4.78 is 52.1. The number of halogens is 4. The molecule has 13 heteroatoms. The molecule has 0 bridgehead atoms. The molecule has 2 amide bonds. The van der Waals surface area contributed by atoms with E-state index in [2.05, 4.69) is 5.32 Å². The molecule has 9 nitrogen and oxygen atoms in total. The Kier molecular flexibility index (Phi) is 12.1. The molecule has 0 aliphatic heterocycles. The average molecular weight is 747 g/mol. The molecule has 246 valence electrons. The summed E-state index contributed by atoms with van der Waals surface area (Å²) in [5.74, 6) is -0.410. The van der Waals surface area contributed by atoms with Crippen LogP contribution in [-0.4, -0.2) is 77.1 Å². The number of alkyl halides is 3. The lowest BCUT2D eigenvalue weighted by Crippen LogP contribution is -2.56. The summed E-state index contributed by atoms with van der Waals surface area (Å²) in [5, 5.41) is 33.3. The number of hydrogen-bond donors (Lipinski definition) is 4. The third-order valence-electron chi connectivity index (χ3n) is 8.24. The number of ether oxygens (including phenoxy) is 2. The lowest BCUT2D eigenvalue weighted by molar-refractivity contribution is -0.137. The smallest absolute Gasteiger partial charge is 0.416 e. The number of aliphatic hydroxyl groups excluding tert-OH is 3. The van der Waals surface area contributed by atoms with Gasteiger partial charge in [-0.2, -0.15) is 13.2 Å². The third-order valence-corrected chi connectivity index (χ3v) is 9.04. The van der Waals surface area contributed by atoms with Crippen molar-refractivity contribution in [1.29, 1.82) is 0 Å². The first-order valence-electron chi connectivity index (χ1n) is 14.9. The molecule has 2 aromatic rings. The Bertz CT molecular complexity index is 1360. The van der Waals surface area contributed by atoms with Gasteiger partial charge in [-0.15, -0.1) is 0 Å². The second kappa shape index (κ2) is 15.6. The molecule has 0 unspecified atom stereocenters. The van der Waals surface area contributed by atoms with Gasteiger partial charge in [0, 0.05) is 30.6 Å². The molecule has 1 fully saturated rings. The number of carbonyl (C=O) groups excluding carboxylic acids is 2. The number of carbonyl (C=O) groups is 2. The summed E-state index contributed by atoms with van der Waals surface area (Å²) in [5.41, 5.74) is -0.0599. The molecule has 3 atom stereocenters. The van der Waals surface area contributed by atoms with Crippen molar-refractivity contribution in [3.05, 3.63) is 68.3 Å². The molecule has 2 aromatic carbocycles. The van der Waals surface area contributed by atoms with Gasteiger partial charge in [-0.25, -0.2) is 0 Å². The van der Waals surface area contributed by atoms with Gasteiger partial charge in [-0.3, -0.25) is 9.59 Å².